The summed E-state index contributed by atoms with van der Waals surface area (Å²) >= 11 is 0. The third-order valence-corrected chi connectivity index (χ3v) is 4.00. The van der Waals surface area contributed by atoms with E-state index in [1.807, 2.05) is 31.2 Å². The molecule has 0 spiro atoms. The third kappa shape index (κ3) is 1.95. The summed E-state index contributed by atoms with van der Waals surface area (Å²) in [6.45, 7) is 1.86. The van der Waals surface area contributed by atoms with Crippen molar-refractivity contribution in [3.05, 3.63) is 41.5 Å². The Labute approximate surface area is 127 Å². The minimum absolute atomic E-state index is 0.000790. The summed E-state index contributed by atoms with van der Waals surface area (Å²) in [6.07, 6.45) is 1.61. The van der Waals surface area contributed by atoms with E-state index in [9.17, 15) is 14.4 Å². The van der Waals surface area contributed by atoms with Crippen molar-refractivity contribution in [3.63, 3.8) is 0 Å². The van der Waals surface area contributed by atoms with Gasteiger partial charge in [-0.05, 0) is 18.6 Å². The molecular formula is C16H15N3O3. The van der Waals surface area contributed by atoms with E-state index in [0.717, 1.165) is 26.8 Å². The SMILES string of the molecule is CC1=Nc2ccccc2C1C=C1C(=O)N(C)C(=O)N(C)C1=O. The molecule has 0 aromatic heterocycles. The second-order valence-corrected chi connectivity index (χ2v) is 5.38. The van der Waals surface area contributed by atoms with Crippen LogP contribution < -0.4 is 0 Å². The first-order valence-corrected chi connectivity index (χ1v) is 6.88. The van der Waals surface area contributed by atoms with E-state index in [-0.39, 0.29) is 11.5 Å². The summed E-state index contributed by atoms with van der Waals surface area (Å²) < 4.78 is 0. The molecule has 1 saturated heterocycles. The Kier molecular flexibility index (Phi) is 3.16. The van der Waals surface area contributed by atoms with Crippen LogP contribution in [0.4, 0.5) is 10.5 Å². The number of fused-ring (bicyclic) bond motifs is 1. The number of allylic oxidation sites excluding steroid dienone is 1. The van der Waals surface area contributed by atoms with Crippen LogP contribution in [-0.4, -0.2) is 47.5 Å². The van der Waals surface area contributed by atoms with Gasteiger partial charge < -0.3 is 0 Å². The number of aliphatic imine (C=N–C) groups is 1. The summed E-state index contributed by atoms with van der Waals surface area (Å²) in [4.78, 5) is 42.6. The smallest absolute Gasteiger partial charge is 0.268 e. The van der Waals surface area contributed by atoms with E-state index in [1.54, 1.807) is 6.08 Å². The largest absolute Gasteiger partial charge is 0.333 e. The summed E-state index contributed by atoms with van der Waals surface area (Å²) in [5.74, 6) is -1.38. The van der Waals surface area contributed by atoms with Crippen LogP contribution in [0.2, 0.25) is 0 Å². The molecule has 1 aromatic rings. The number of para-hydroxylation sites is 1. The van der Waals surface area contributed by atoms with Gasteiger partial charge in [0.25, 0.3) is 11.8 Å². The molecule has 1 aromatic carbocycles. The molecule has 6 heteroatoms. The lowest BCUT2D eigenvalue weighted by molar-refractivity contribution is -0.134. The standard InChI is InChI=1S/C16H15N3O3/c1-9-11(10-6-4-5-7-13(10)17-9)8-12-14(20)18(2)16(22)19(3)15(12)21/h4-8,11H,1-3H3. The van der Waals surface area contributed by atoms with Gasteiger partial charge in [-0.15, -0.1) is 0 Å². The van der Waals surface area contributed by atoms with Gasteiger partial charge in [0.2, 0.25) is 0 Å². The zero-order valence-corrected chi connectivity index (χ0v) is 12.5. The predicted octanol–water partition coefficient (Wildman–Crippen LogP) is 1.85. The number of carbonyl (C=O) groups is 3. The van der Waals surface area contributed by atoms with E-state index in [0.29, 0.717) is 0 Å². The number of imide groups is 2. The highest BCUT2D eigenvalue weighted by molar-refractivity contribution is 6.28. The van der Waals surface area contributed by atoms with Crippen molar-refractivity contribution in [2.45, 2.75) is 12.8 Å². The number of hydrogen-bond donors (Lipinski definition) is 0. The molecule has 1 fully saturated rings. The van der Waals surface area contributed by atoms with Crippen molar-refractivity contribution in [1.29, 1.82) is 0 Å². The highest BCUT2D eigenvalue weighted by Crippen LogP contribution is 2.37. The molecule has 0 N–H and O–H groups in total. The number of carbonyl (C=O) groups excluding carboxylic acids is 3. The molecule has 0 bridgehead atoms. The van der Waals surface area contributed by atoms with E-state index in [1.165, 1.54) is 14.1 Å². The Morgan fingerprint density at radius 3 is 2.27 bits per heavy atom. The molecule has 22 heavy (non-hydrogen) atoms. The lowest BCUT2D eigenvalue weighted by Crippen LogP contribution is -2.53. The number of rotatable bonds is 1. The average molecular weight is 297 g/mol. The second kappa shape index (κ2) is 4.91. The maximum atomic E-state index is 12.2. The molecule has 0 aliphatic carbocycles. The van der Waals surface area contributed by atoms with Crippen LogP contribution in [0.5, 0.6) is 0 Å². The summed E-state index contributed by atoms with van der Waals surface area (Å²) in [5, 5.41) is 0. The van der Waals surface area contributed by atoms with Gasteiger partial charge in [-0.2, -0.15) is 0 Å². The highest BCUT2D eigenvalue weighted by atomic mass is 16.2. The van der Waals surface area contributed by atoms with E-state index >= 15 is 0 Å². The Morgan fingerprint density at radius 2 is 1.64 bits per heavy atom. The fraction of sp³-hybridized carbons (Fsp3) is 0.250. The Morgan fingerprint density at radius 1 is 1.05 bits per heavy atom. The number of urea groups is 1. The molecule has 1 unspecified atom stereocenters. The van der Waals surface area contributed by atoms with Crippen LogP contribution in [0.15, 0.2) is 40.9 Å². The molecule has 2 aliphatic rings. The van der Waals surface area contributed by atoms with E-state index in [2.05, 4.69) is 4.99 Å². The van der Waals surface area contributed by atoms with Crippen molar-refractivity contribution in [2.75, 3.05) is 14.1 Å². The van der Waals surface area contributed by atoms with Gasteiger partial charge in [-0.1, -0.05) is 24.3 Å². The van der Waals surface area contributed by atoms with Crippen molar-refractivity contribution in [2.24, 2.45) is 4.99 Å². The molecule has 2 aliphatic heterocycles. The summed E-state index contributed by atoms with van der Waals surface area (Å²) in [5.41, 5.74) is 2.61. The third-order valence-electron chi connectivity index (χ3n) is 4.00. The molecule has 3 rings (SSSR count). The Bertz CT molecular complexity index is 738. The van der Waals surface area contributed by atoms with Gasteiger partial charge in [-0.25, -0.2) is 4.79 Å². The van der Waals surface area contributed by atoms with Crippen molar-refractivity contribution < 1.29 is 14.4 Å². The molecule has 4 amide bonds. The predicted molar refractivity (Wildman–Crippen MR) is 81.0 cm³/mol. The molecule has 6 nitrogen and oxygen atoms in total. The number of likely N-dealkylation sites (N-methyl/N-ethyl adjacent to an activating group) is 2. The zero-order valence-electron chi connectivity index (χ0n) is 12.5. The van der Waals surface area contributed by atoms with Gasteiger partial charge in [0.15, 0.2) is 0 Å². The van der Waals surface area contributed by atoms with Crippen molar-refractivity contribution in [1.82, 2.24) is 9.80 Å². The molecule has 1 atom stereocenters. The van der Waals surface area contributed by atoms with Crippen LogP contribution >= 0.6 is 0 Å². The van der Waals surface area contributed by atoms with Gasteiger partial charge in [0, 0.05) is 25.7 Å². The first-order valence-electron chi connectivity index (χ1n) is 6.88. The van der Waals surface area contributed by atoms with Crippen LogP contribution in [0.3, 0.4) is 0 Å². The van der Waals surface area contributed by atoms with Crippen molar-refractivity contribution >= 4 is 29.2 Å². The van der Waals surface area contributed by atoms with E-state index < -0.39 is 17.8 Å². The molecule has 0 saturated carbocycles. The first-order chi connectivity index (χ1) is 10.4. The average Bonchev–Trinajstić information content (AvgIpc) is 2.83. The maximum Gasteiger partial charge on any atom is 0.333 e. The monoisotopic (exact) mass is 297 g/mol. The molecule has 2 heterocycles. The number of benzene rings is 1. The summed E-state index contributed by atoms with van der Waals surface area (Å²) in [6, 6.07) is 6.98. The lowest BCUT2D eigenvalue weighted by atomic mass is 9.93. The minimum Gasteiger partial charge on any atom is -0.268 e. The van der Waals surface area contributed by atoms with Gasteiger partial charge in [-0.3, -0.25) is 24.4 Å². The number of barbiturate groups is 1. The quantitative estimate of drug-likeness (QED) is 0.587. The van der Waals surface area contributed by atoms with Crippen molar-refractivity contribution in [3.8, 4) is 0 Å². The van der Waals surface area contributed by atoms with Crippen LogP contribution in [0.1, 0.15) is 18.4 Å². The second-order valence-electron chi connectivity index (χ2n) is 5.38. The Hall–Kier alpha value is -2.76. The molecule has 0 radical (unpaired) electrons. The Balaban J connectivity index is 2.05. The zero-order chi connectivity index (χ0) is 16.0. The first kappa shape index (κ1) is 14.2. The number of hydrogen-bond acceptors (Lipinski definition) is 4. The summed E-state index contributed by atoms with van der Waals surface area (Å²) in [7, 11) is 2.73. The number of amides is 4. The topological polar surface area (TPSA) is 70.1 Å². The normalized spacial score (nSPS) is 21.2. The number of nitrogens with zero attached hydrogens (tertiary/aromatic N) is 3. The fourth-order valence-corrected chi connectivity index (χ4v) is 2.71. The van der Waals surface area contributed by atoms with Crippen LogP contribution in [0.25, 0.3) is 0 Å². The highest BCUT2D eigenvalue weighted by Gasteiger charge is 2.39. The lowest BCUT2D eigenvalue weighted by Gasteiger charge is -2.29. The fourth-order valence-electron chi connectivity index (χ4n) is 2.71. The molecule has 112 valence electrons. The minimum atomic E-state index is -0.621. The van der Waals surface area contributed by atoms with Crippen LogP contribution in [-0.2, 0) is 9.59 Å². The van der Waals surface area contributed by atoms with Crippen LogP contribution in [0, 0.1) is 0 Å². The van der Waals surface area contributed by atoms with E-state index in [4.69, 9.17) is 0 Å². The van der Waals surface area contributed by atoms with Gasteiger partial charge >= 0.3 is 6.03 Å². The van der Waals surface area contributed by atoms with Gasteiger partial charge in [0.05, 0.1) is 5.69 Å². The van der Waals surface area contributed by atoms with Gasteiger partial charge in [0.1, 0.15) is 5.57 Å². The maximum absolute atomic E-state index is 12.2. The molecular weight excluding hydrogens is 282 g/mol.